The molecule has 0 aromatic carbocycles. The van der Waals surface area contributed by atoms with E-state index in [-0.39, 0.29) is 23.8 Å². The molecule has 1 aliphatic heterocycles. The van der Waals surface area contributed by atoms with Gasteiger partial charge in [0.15, 0.2) is 5.69 Å². The number of carbonyl (C=O) groups excluding carboxylic acids is 2. The fourth-order valence-corrected chi connectivity index (χ4v) is 3.35. The lowest BCUT2D eigenvalue weighted by atomic mass is 10.1. The Balaban J connectivity index is 1.34. The van der Waals surface area contributed by atoms with Crippen LogP contribution in [0.1, 0.15) is 54.8 Å². The highest BCUT2D eigenvalue weighted by atomic mass is 16.2. The summed E-state index contributed by atoms with van der Waals surface area (Å²) in [5.41, 5.74) is 1.58. The molecule has 2 amide bonds. The fourth-order valence-electron chi connectivity index (χ4n) is 3.35. The maximum atomic E-state index is 12.5. The second-order valence-electron chi connectivity index (χ2n) is 7.38. The fraction of sp³-hybridized carbons (Fsp3) is 0.706. The highest BCUT2D eigenvalue weighted by Gasteiger charge is 2.37. The van der Waals surface area contributed by atoms with Gasteiger partial charge in [0.25, 0.3) is 5.91 Å². The second kappa shape index (κ2) is 5.35. The average molecular weight is 316 g/mol. The van der Waals surface area contributed by atoms with Crippen molar-refractivity contribution < 1.29 is 9.59 Å². The van der Waals surface area contributed by atoms with Crippen molar-refractivity contribution in [2.75, 3.05) is 13.1 Å². The van der Waals surface area contributed by atoms with Crippen molar-refractivity contribution in [3.05, 3.63) is 17.5 Å². The van der Waals surface area contributed by atoms with Crippen LogP contribution in [0, 0.1) is 18.8 Å². The van der Waals surface area contributed by atoms with E-state index in [1.54, 1.807) is 4.90 Å². The van der Waals surface area contributed by atoms with Crippen LogP contribution in [0.15, 0.2) is 6.07 Å². The summed E-state index contributed by atoms with van der Waals surface area (Å²) in [5, 5.41) is 7.55. The molecule has 1 aromatic heterocycles. The first-order valence-electron chi connectivity index (χ1n) is 8.68. The highest BCUT2D eigenvalue weighted by Crippen LogP contribution is 2.39. The molecular formula is C17H24N4O2. The van der Waals surface area contributed by atoms with E-state index in [1.165, 1.54) is 12.8 Å². The Morgan fingerprint density at radius 2 is 1.96 bits per heavy atom. The van der Waals surface area contributed by atoms with Crippen LogP contribution in [0.4, 0.5) is 0 Å². The molecule has 1 N–H and O–H groups in total. The number of nitrogens with one attached hydrogen (secondary N) is 1. The number of hydrogen-bond donors (Lipinski definition) is 1. The van der Waals surface area contributed by atoms with E-state index < -0.39 is 0 Å². The summed E-state index contributed by atoms with van der Waals surface area (Å²) >= 11 is 0. The molecule has 23 heavy (non-hydrogen) atoms. The van der Waals surface area contributed by atoms with Gasteiger partial charge in [0, 0.05) is 24.7 Å². The zero-order valence-corrected chi connectivity index (χ0v) is 13.8. The van der Waals surface area contributed by atoms with E-state index in [1.807, 2.05) is 17.7 Å². The van der Waals surface area contributed by atoms with Crippen molar-refractivity contribution in [2.45, 2.75) is 51.6 Å². The normalized spacial score (nSPS) is 22.6. The minimum atomic E-state index is -0.0215. The van der Waals surface area contributed by atoms with Gasteiger partial charge in [-0.3, -0.25) is 14.3 Å². The van der Waals surface area contributed by atoms with Gasteiger partial charge in [0.1, 0.15) is 0 Å². The summed E-state index contributed by atoms with van der Waals surface area (Å²) in [7, 11) is 0. The van der Waals surface area contributed by atoms with E-state index in [0.717, 1.165) is 18.5 Å². The maximum Gasteiger partial charge on any atom is 0.274 e. The lowest BCUT2D eigenvalue weighted by Gasteiger charge is -2.39. The minimum absolute atomic E-state index is 0.0215. The van der Waals surface area contributed by atoms with E-state index >= 15 is 0 Å². The number of nitrogens with zero attached hydrogens (tertiary/aromatic N) is 3. The van der Waals surface area contributed by atoms with Gasteiger partial charge in [-0.05, 0) is 51.5 Å². The number of likely N-dealkylation sites (tertiary alicyclic amines) is 1. The quantitative estimate of drug-likeness (QED) is 0.895. The predicted octanol–water partition coefficient (Wildman–Crippen LogP) is 1.51. The third kappa shape index (κ3) is 2.86. The third-order valence-electron chi connectivity index (χ3n) is 5.29. The largest absolute Gasteiger partial charge is 0.350 e. The zero-order chi connectivity index (χ0) is 16.1. The molecule has 3 fully saturated rings. The molecule has 0 spiro atoms. The van der Waals surface area contributed by atoms with E-state index in [2.05, 4.69) is 17.3 Å². The van der Waals surface area contributed by atoms with Crippen LogP contribution in [-0.4, -0.2) is 45.6 Å². The zero-order valence-electron chi connectivity index (χ0n) is 13.8. The number of aromatic nitrogens is 2. The predicted molar refractivity (Wildman–Crippen MR) is 85.0 cm³/mol. The van der Waals surface area contributed by atoms with Crippen LogP contribution in [-0.2, 0) is 4.79 Å². The van der Waals surface area contributed by atoms with Gasteiger partial charge in [-0.25, -0.2) is 0 Å². The topological polar surface area (TPSA) is 67.2 Å². The molecular weight excluding hydrogens is 292 g/mol. The Morgan fingerprint density at radius 3 is 2.57 bits per heavy atom. The summed E-state index contributed by atoms with van der Waals surface area (Å²) in [6.45, 7) is 5.39. The molecule has 6 nitrogen and oxygen atoms in total. The van der Waals surface area contributed by atoms with Crippen LogP contribution in [0.2, 0.25) is 0 Å². The highest BCUT2D eigenvalue weighted by molar-refractivity contribution is 5.93. The molecule has 1 unspecified atom stereocenters. The molecule has 2 aliphatic carbocycles. The van der Waals surface area contributed by atoms with Crippen LogP contribution in [0.3, 0.4) is 0 Å². The van der Waals surface area contributed by atoms with Crippen LogP contribution < -0.4 is 5.32 Å². The number of rotatable bonds is 5. The summed E-state index contributed by atoms with van der Waals surface area (Å²) in [4.78, 5) is 26.0. The van der Waals surface area contributed by atoms with Crippen LogP contribution in [0.25, 0.3) is 0 Å². The molecule has 1 aromatic rings. The first-order valence-corrected chi connectivity index (χ1v) is 8.68. The standard InChI is InChI=1S/C17H24N4O2/c1-10-7-15(19-21(10)11(2)12-3-4-12)17(23)20-8-14(9-20)18-16(22)13-5-6-13/h7,11-14H,3-6,8-9H2,1-2H3,(H,18,22). The maximum absolute atomic E-state index is 12.5. The van der Waals surface area contributed by atoms with Gasteiger partial charge >= 0.3 is 0 Å². The van der Waals surface area contributed by atoms with Crippen molar-refractivity contribution in [2.24, 2.45) is 11.8 Å². The molecule has 1 atom stereocenters. The smallest absolute Gasteiger partial charge is 0.274 e. The van der Waals surface area contributed by atoms with Crippen molar-refractivity contribution in [3.8, 4) is 0 Å². The molecule has 0 bridgehead atoms. The SMILES string of the molecule is Cc1cc(C(=O)N2CC(NC(=O)C3CC3)C2)nn1C(C)C1CC1. The Labute approximate surface area is 136 Å². The molecule has 3 aliphatic rings. The van der Waals surface area contributed by atoms with E-state index in [9.17, 15) is 9.59 Å². The van der Waals surface area contributed by atoms with Gasteiger partial charge in [0.2, 0.25) is 5.91 Å². The molecule has 2 heterocycles. The summed E-state index contributed by atoms with van der Waals surface area (Å²) < 4.78 is 2.00. The Bertz CT molecular complexity index is 639. The molecule has 0 radical (unpaired) electrons. The number of carbonyl (C=O) groups is 2. The Hall–Kier alpha value is -1.85. The van der Waals surface area contributed by atoms with Crippen molar-refractivity contribution in [1.29, 1.82) is 0 Å². The van der Waals surface area contributed by atoms with Gasteiger partial charge in [0.05, 0.1) is 12.1 Å². The second-order valence-corrected chi connectivity index (χ2v) is 7.38. The first kappa shape index (κ1) is 14.7. The Kier molecular flexibility index (Phi) is 3.43. The minimum Gasteiger partial charge on any atom is -0.350 e. The molecule has 6 heteroatoms. The van der Waals surface area contributed by atoms with Gasteiger partial charge in [-0.15, -0.1) is 0 Å². The lowest BCUT2D eigenvalue weighted by molar-refractivity contribution is -0.123. The number of aryl methyl sites for hydroxylation is 1. The van der Waals surface area contributed by atoms with E-state index in [4.69, 9.17) is 0 Å². The summed E-state index contributed by atoms with van der Waals surface area (Å²) in [6, 6.07) is 2.37. The van der Waals surface area contributed by atoms with Crippen LogP contribution >= 0.6 is 0 Å². The average Bonchev–Trinajstić information content (AvgIpc) is 3.36. The van der Waals surface area contributed by atoms with E-state index in [0.29, 0.717) is 30.7 Å². The molecule has 2 saturated carbocycles. The van der Waals surface area contributed by atoms with Crippen molar-refractivity contribution in [1.82, 2.24) is 20.0 Å². The van der Waals surface area contributed by atoms with Crippen molar-refractivity contribution in [3.63, 3.8) is 0 Å². The monoisotopic (exact) mass is 316 g/mol. The Morgan fingerprint density at radius 1 is 1.26 bits per heavy atom. The first-order chi connectivity index (χ1) is 11.0. The third-order valence-corrected chi connectivity index (χ3v) is 5.29. The molecule has 4 rings (SSSR count). The van der Waals surface area contributed by atoms with Gasteiger partial charge in [-0.2, -0.15) is 5.10 Å². The van der Waals surface area contributed by atoms with Crippen LogP contribution in [0.5, 0.6) is 0 Å². The van der Waals surface area contributed by atoms with Gasteiger partial charge in [-0.1, -0.05) is 0 Å². The molecule has 124 valence electrons. The van der Waals surface area contributed by atoms with Gasteiger partial charge < -0.3 is 10.2 Å². The summed E-state index contributed by atoms with van der Waals surface area (Å²) in [6.07, 6.45) is 4.55. The van der Waals surface area contributed by atoms with Crippen molar-refractivity contribution >= 4 is 11.8 Å². The summed E-state index contributed by atoms with van der Waals surface area (Å²) in [5.74, 6) is 1.07. The number of amides is 2. The molecule has 1 saturated heterocycles. The number of hydrogen-bond acceptors (Lipinski definition) is 3. The lowest BCUT2D eigenvalue weighted by Crippen LogP contribution is -2.61.